The summed E-state index contributed by atoms with van der Waals surface area (Å²) in [6, 6.07) is 27.7. The molecule has 2 N–H and O–H groups in total. The molecule has 2 aliphatic rings. The van der Waals surface area contributed by atoms with Crippen LogP contribution in [0.15, 0.2) is 109 Å². The van der Waals surface area contributed by atoms with E-state index in [1.807, 2.05) is 56.3 Å². The Balaban J connectivity index is 1.00. The van der Waals surface area contributed by atoms with Crippen molar-refractivity contribution < 1.29 is 47.9 Å². The summed E-state index contributed by atoms with van der Waals surface area (Å²) in [5, 5.41) is 14.0. The SMILES string of the molecule is COc1ccc(C(=O)N2Cc3cc4c(cc3C[C@H]2C(=O)NC(Cc2ccc(Oc3ccnc(C)c3C)cc2)C(=O)O)OC[C@H](c2ccc(OCc3ccc(Cl)c(Cl)c3)cc2)O4)cc1OC. The fraction of sp³-hybridized carbons (Fsp3) is 0.240. The van der Waals surface area contributed by atoms with Crippen LogP contribution >= 0.6 is 23.2 Å². The Morgan fingerprint density at radius 2 is 1.54 bits per heavy atom. The topological polar surface area (TPSA) is 155 Å². The van der Waals surface area contributed by atoms with Gasteiger partial charge in [-0.1, -0.05) is 53.5 Å². The Bertz CT molecular complexity index is 2750. The minimum atomic E-state index is -1.31. The standard InChI is InChI=1S/C50H45Cl2N3O10/c1-28-29(2)53-18-17-42(28)64-37-11-5-30(6-12-37)20-40(50(58)59)54-48(56)41-21-34-23-45-46(24-35(34)25-55(41)49(57)33-10-16-43(60-3)44(22-33)61-4)65-47(27-63-45)32-8-13-36(14-9-32)62-26-31-7-15-38(51)39(52)19-31/h5-19,22-24,40-41,47H,20-21,25-27H2,1-4H3,(H,54,56)(H,58,59)/t40?,41-,47+/m0/s1. The quantitative estimate of drug-likeness (QED) is 0.107. The van der Waals surface area contributed by atoms with Crippen LogP contribution in [-0.2, 0) is 35.6 Å². The number of carboxylic acids is 1. The Morgan fingerprint density at radius 3 is 2.26 bits per heavy atom. The van der Waals surface area contributed by atoms with Crippen molar-refractivity contribution in [3.8, 4) is 40.2 Å². The molecule has 334 valence electrons. The molecule has 0 saturated heterocycles. The van der Waals surface area contributed by atoms with Crippen molar-refractivity contribution in [3.63, 3.8) is 0 Å². The summed E-state index contributed by atoms with van der Waals surface area (Å²) < 4.78 is 35.6. The van der Waals surface area contributed by atoms with Gasteiger partial charge in [-0.15, -0.1) is 0 Å². The van der Waals surface area contributed by atoms with E-state index in [9.17, 15) is 19.5 Å². The lowest BCUT2D eigenvalue weighted by Gasteiger charge is -2.37. The number of aryl methyl sites for hydroxylation is 1. The fourth-order valence-electron chi connectivity index (χ4n) is 7.72. The molecule has 5 aromatic carbocycles. The lowest BCUT2D eigenvalue weighted by atomic mass is 9.91. The molecule has 3 atom stereocenters. The number of hydrogen-bond acceptors (Lipinski definition) is 10. The second-order valence-electron chi connectivity index (χ2n) is 15.7. The number of aromatic nitrogens is 1. The zero-order valence-corrected chi connectivity index (χ0v) is 37.4. The van der Waals surface area contributed by atoms with Crippen molar-refractivity contribution in [1.29, 1.82) is 0 Å². The van der Waals surface area contributed by atoms with E-state index < -0.39 is 36.0 Å². The number of aliphatic carboxylic acids is 1. The van der Waals surface area contributed by atoms with Crippen LogP contribution in [0.25, 0.3) is 0 Å². The number of fused-ring (bicyclic) bond motifs is 2. The largest absolute Gasteiger partial charge is 0.493 e. The van der Waals surface area contributed by atoms with Crippen molar-refractivity contribution in [1.82, 2.24) is 15.2 Å². The average molecular weight is 919 g/mol. The van der Waals surface area contributed by atoms with Crippen LogP contribution in [0.1, 0.15) is 55.5 Å². The number of halogens is 2. The number of benzene rings is 5. The molecule has 8 rings (SSSR count). The predicted molar refractivity (Wildman–Crippen MR) is 243 cm³/mol. The molecule has 13 nitrogen and oxygen atoms in total. The van der Waals surface area contributed by atoms with Crippen LogP contribution in [-0.4, -0.2) is 65.7 Å². The normalized spacial score (nSPS) is 15.6. The van der Waals surface area contributed by atoms with Crippen LogP contribution in [0.2, 0.25) is 10.0 Å². The maximum atomic E-state index is 14.5. The number of methoxy groups -OCH3 is 2. The van der Waals surface area contributed by atoms with Gasteiger partial charge in [-0.2, -0.15) is 0 Å². The smallest absolute Gasteiger partial charge is 0.326 e. The van der Waals surface area contributed by atoms with Gasteiger partial charge in [0.25, 0.3) is 5.91 Å². The molecule has 1 unspecified atom stereocenters. The third-order valence-electron chi connectivity index (χ3n) is 11.5. The van der Waals surface area contributed by atoms with Crippen LogP contribution in [0, 0.1) is 13.8 Å². The van der Waals surface area contributed by atoms with Gasteiger partial charge in [-0.3, -0.25) is 14.6 Å². The second-order valence-corrected chi connectivity index (χ2v) is 16.5. The zero-order chi connectivity index (χ0) is 45.8. The van der Waals surface area contributed by atoms with Crippen molar-refractivity contribution >= 4 is 41.0 Å². The van der Waals surface area contributed by atoms with E-state index in [2.05, 4.69) is 10.3 Å². The van der Waals surface area contributed by atoms with Gasteiger partial charge in [0.05, 0.1) is 24.3 Å². The number of carbonyl (C=O) groups is 3. The van der Waals surface area contributed by atoms with E-state index in [1.165, 1.54) is 19.1 Å². The molecule has 3 heterocycles. The third kappa shape index (κ3) is 10.1. The Kier molecular flexibility index (Phi) is 13.3. The molecule has 0 spiro atoms. The maximum absolute atomic E-state index is 14.5. The highest BCUT2D eigenvalue weighted by Gasteiger charge is 2.38. The van der Waals surface area contributed by atoms with Gasteiger partial charge < -0.3 is 43.7 Å². The van der Waals surface area contributed by atoms with E-state index in [0.717, 1.165) is 33.5 Å². The molecule has 0 bridgehead atoms. The Labute approximate surface area is 385 Å². The third-order valence-corrected chi connectivity index (χ3v) is 12.2. The molecule has 65 heavy (non-hydrogen) atoms. The summed E-state index contributed by atoms with van der Waals surface area (Å²) in [7, 11) is 2.96. The van der Waals surface area contributed by atoms with Crippen LogP contribution in [0.3, 0.4) is 0 Å². The second kappa shape index (κ2) is 19.4. The van der Waals surface area contributed by atoms with Gasteiger partial charge in [0, 0.05) is 42.4 Å². The number of rotatable bonds is 14. The Hall–Kier alpha value is -6.96. The molecule has 2 aliphatic heterocycles. The van der Waals surface area contributed by atoms with Crippen molar-refractivity contribution in [3.05, 3.63) is 164 Å². The monoisotopic (exact) mass is 917 g/mol. The maximum Gasteiger partial charge on any atom is 0.326 e. The summed E-state index contributed by atoms with van der Waals surface area (Å²) in [4.78, 5) is 47.2. The minimum Gasteiger partial charge on any atom is -0.493 e. The van der Waals surface area contributed by atoms with Crippen LogP contribution < -0.4 is 33.7 Å². The molecule has 0 aliphatic carbocycles. The summed E-state index contributed by atoms with van der Waals surface area (Å²) in [5.41, 5.74) is 5.91. The van der Waals surface area contributed by atoms with Crippen molar-refractivity contribution in [2.75, 3.05) is 20.8 Å². The van der Waals surface area contributed by atoms with E-state index in [0.29, 0.717) is 62.5 Å². The van der Waals surface area contributed by atoms with E-state index in [1.54, 1.807) is 66.9 Å². The number of amides is 2. The highest BCUT2D eigenvalue weighted by molar-refractivity contribution is 6.42. The molecule has 6 aromatic rings. The van der Waals surface area contributed by atoms with Gasteiger partial charge >= 0.3 is 5.97 Å². The number of nitrogens with one attached hydrogen (secondary N) is 1. The Morgan fingerprint density at radius 1 is 0.815 bits per heavy atom. The van der Waals surface area contributed by atoms with E-state index >= 15 is 0 Å². The first kappa shape index (κ1) is 44.6. The van der Waals surface area contributed by atoms with Crippen LogP contribution in [0.4, 0.5) is 0 Å². The molecule has 0 radical (unpaired) electrons. The summed E-state index contributed by atoms with van der Waals surface area (Å²) >= 11 is 12.2. The molecular formula is C50H45Cl2N3O10. The summed E-state index contributed by atoms with van der Waals surface area (Å²) in [6.07, 6.45) is 1.29. The number of nitrogens with zero attached hydrogens (tertiary/aromatic N) is 2. The number of carboxylic acid groups (broad SMARTS) is 1. The summed E-state index contributed by atoms with van der Waals surface area (Å²) in [5.74, 6) is 1.30. The van der Waals surface area contributed by atoms with Gasteiger partial charge in [-0.25, -0.2) is 4.79 Å². The van der Waals surface area contributed by atoms with Gasteiger partial charge in [0.2, 0.25) is 5.91 Å². The molecule has 0 fully saturated rings. The average Bonchev–Trinajstić information content (AvgIpc) is 3.32. The molecule has 1 aromatic heterocycles. The van der Waals surface area contributed by atoms with E-state index in [-0.39, 0.29) is 31.6 Å². The molecule has 0 saturated carbocycles. The number of carbonyl (C=O) groups excluding carboxylic acids is 2. The van der Waals surface area contributed by atoms with Crippen LogP contribution in [0.5, 0.6) is 40.2 Å². The number of ether oxygens (including phenoxy) is 6. The highest BCUT2D eigenvalue weighted by atomic mass is 35.5. The van der Waals surface area contributed by atoms with Gasteiger partial charge in [0.1, 0.15) is 42.5 Å². The zero-order valence-electron chi connectivity index (χ0n) is 35.9. The molecule has 2 amide bonds. The predicted octanol–water partition coefficient (Wildman–Crippen LogP) is 9.29. The number of pyridine rings is 1. The first-order valence-electron chi connectivity index (χ1n) is 20.7. The van der Waals surface area contributed by atoms with Gasteiger partial charge in [0.15, 0.2) is 29.1 Å². The van der Waals surface area contributed by atoms with Crippen molar-refractivity contribution in [2.24, 2.45) is 0 Å². The van der Waals surface area contributed by atoms with Gasteiger partial charge in [-0.05, 0) is 114 Å². The number of hydrogen-bond donors (Lipinski definition) is 2. The first-order chi connectivity index (χ1) is 31.4. The van der Waals surface area contributed by atoms with Crippen molar-refractivity contribution in [2.45, 2.75) is 58.0 Å². The molecular weight excluding hydrogens is 873 g/mol. The summed E-state index contributed by atoms with van der Waals surface area (Å²) in [6.45, 7) is 4.37. The fourth-order valence-corrected chi connectivity index (χ4v) is 8.05. The highest BCUT2D eigenvalue weighted by Crippen LogP contribution is 2.41. The van der Waals surface area contributed by atoms with E-state index in [4.69, 9.17) is 51.6 Å². The first-order valence-corrected chi connectivity index (χ1v) is 21.5. The lowest BCUT2D eigenvalue weighted by Crippen LogP contribution is -2.56. The minimum absolute atomic E-state index is 0.0163. The molecule has 15 heteroatoms. The lowest BCUT2D eigenvalue weighted by molar-refractivity contribution is -0.142.